The van der Waals surface area contributed by atoms with Gasteiger partial charge in [0.15, 0.2) is 0 Å². The van der Waals surface area contributed by atoms with E-state index < -0.39 is 22.0 Å². The number of carbonyl (C=O) groups is 1. The molecule has 8 heteroatoms. The maximum atomic E-state index is 13.1. The quantitative estimate of drug-likeness (QED) is 0.568. The van der Waals surface area contributed by atoms with Crippen molar-refractivity contribution < 1.29 is 17.9 Å². The monoisotopic (exact) mass is 480 g/mol. The molecule has 0 unspecified atom stereocenters. The Morgan fingerprint density at radius 3 is 2.16 bits per heavy atom. The van der Waals surface area contributed by atoms with E-state index >= 15 is 0 Å². The lowest BCUT2D eigenvalue weighted by atomic mass is 9.93. The van der Waals surface area contributed by atoms with E-state index in [-0.39, 0.29) is 12.0 Å². The number of carbonyl (C=O) groups excluding carboxylic acids is 1. The lowest BCUT2D eigenvalue weighted by molar-refractivity contribution is -0.122. The second kappa shape index (κ2) is 10.1. The van der Waals surface area contributed by atoms with Crippen molar-refractivity contribution in [2.45, 2.75) is 59.5 Å². The van der Waals surface area contributed by atoms with Crippen molar-refractivity contribution in [3.8, 4) is 5.75 Å². The summed E-state index contributed by atoms with van der Waals surface area (Å²) in [5.74, 6) is 0.659. The van der Waals surface area contributed by atoms with Crippen LogP contribution in [-0.2, 0) is 14.8 Å². The van der Waals surface area contributed by atoms with E-state index in [1.165, 1.54) is 0 Å². The topological polar surface area (TPSA) is 75.7 Å². The summed E-state index contributed by atoms with van der Waals surface area (Å²) < 4.78 is 31.7. The normalized spacial score (nSPS) is 13.6. The highest BCUT2D eigenvalue weighted by Gasteiger charge is 2.30. The fraction of sp³-hybridized carbons (Fsp3) is 0.458. The summed E-state index contributed by atoms with van der Waals surface area (Å²) in [6.45, 7) is 11.4. The average molecular weight is 481 g/mol. The molecule has 2 aromatic carbocycles. The second-order valence-corrected chi connectivity index (χ2v) is 10.8. The van der Waals surface area contributed by atoms with E-state index in [2.05, 4.69) is 19.2 Å². The maximum Gasteiger partial charge on any atom is 0.244 e. The second-order valence-electron chi connectivity index (χ2n) is 8.50. The molecule has 1 amide bonds. The smallest absolute Gasteiger partial charge is 0.244 e. The minimum absolute atomic E-state index is 0.248. The molecule has 0 bridgehead atoms. The Bertz CT molecular complexity index is 1100. The molecule has 176 valence electrons. The van der Waals surface area contributed by atoms with E-state index in [0.717, 1.165) is 38.6 Å². The van der Waals surface area contributed by atoms with Crippen LogP contribution in [0.4, 0.5) is 5.69 Å². The van der Waals surface area contributed by atoms with Crippen LogP contribution in [0.3, 0.4) is 0 Å². The summed E-state index contributed by atoms with van der Waals surface area (Å²) in [7, 11) is -2.09. The van der Waals surface area contributed by atoms with Crippen molar-refractivity contribution in [2.24, 2.45) is 0 Å². The highest BCUT2D eigenvalue weighted by Crippen LogP contribution is 2.32. The van der Waals surface area contributed by atoms with Gasteiger partial charge in [-0.25, -0.2) is 8.42 Å². The van der Waals surface area contributed by atoms with Gasteiger partial charge in [0.2, 0.25) is 15.9 Å². The highest BCUT2D eigenvalue weighted by atomic mass is 35.5. The zero-order valence-corrected chi connectivity index (χ0v) is 21.6. The number of methoxy groups -OCH3 is 1. The number of amides is 1. The SMILES string of the molecule is COc1cc(C)c([C@H](C)NC(=O)[C@H](C)N(c2ccc(C)c(Cl)c2)S(C)(=O)=O)cc1C(C)C. The summed E-state index contributed by atoms with van der Waals surface area (Å²) >= 11 is 6.21. The van der Waals surface area contributed by atoms with Gasteiger partial charge < -0.3 is 10.1 Å². The Kier molecular flexibility index (Phi) is 8.23. The number of benzene rings is 2. The molecule has 0 aliphatic carbocycles. The molecule has 0 aliphatic heterocycles. The zero-order chi connectivity index (χ0) is 24.4. The number of ether oxygens (including phenoxy) is 1. The Labute approximate surface area is 197 Å². The largest absolute Gasteiger partial charge is 0.496 e. The molecule has 0 spiro atoms. The van der Waals surface area contributed by atoms with Crippen molar-refractivity contribution in [2.75, 3.05) is 17.7 Å². The van der Waals surface area contributed by atoms with Crippen molar-refractivity contribution in [1.82, 2.24) is 5.32 Å². The molecular weight excluding hydrogens is 448 g/mol. The van der Waals surface area contributed by atoms with Gasteiger partial charge >= 0.3 is 0 Å². The molecule has 1 N–H and O–H groups in total. The summed E-state index contributed by atoms with van der Waals surface area (Å²) in [4.78, 5) is 13.1. The first-order valence-electron chi connectivity index (χ1n) is 10.5. The molecule has 32 heavy (non-hydrogen) atoms. The van der Waals surface area contributed by atoms with E-state index in [0.29, 0.717) is 10.7 Å². The molecule has 0 fully saturated rings. The van der Waals surface area contributed by atoms with Gasteiger partial charge in [-0.05, 0) is 80.1 Å². The average Bonchev–Trinajstić information content (AvgIpc) is 2.68. The van der Waals surface area contributed by atoms with Crippen molar-refractivity contribution in [1.29, 1.82) is 0 Å². The Balaban J connectivity index is 2.35. The summed E-state index contributed by atoms with van der Waals surface area (Å²) in [6.07, 6.45) is 1.08. The number of anilines is 1. The predicted octanol–water partition coefficient (Wildman–Crippen LogP) is 5.12. The van der Waals surface area contributed by atoms with Crippen LogP contribution in [0, 0.1) is 13.8 Å². The van der Waals surface area contributed by atoms with Crippen LogP contribution in [0.2, 0.25) is 5.02 Å². The number of hydrogen-bond acceptors (Lipinski definition) is 4. The fourth-order valence-electron chi connectivity index (χ4n) is 3.75. The number of halogens is 1. The third kappa shape index (κ3) is 5.75. The van der Waals surface area contributed by atoms with Crippen LogP contribution in [0.15, 0.2) is 30.3 Å². The molecule has 0 radical (unpaired) electrons. The van der Waals surface area contributed by atoms with E-state index in [1.807, 2.05) is 32.9 Å². The Morgan fingerprint density at radius 1 is 1.03 bits per heavy atom. The molecular formula is C24H33ClN2O4S. The Morgan fingerprint density at radius 2 is 1.66 bits per heavy atom. The van der Waals surface area contributed by atoms with Crippen LogP contribution in [0.25, 0.3) is 0 Å². The van der Waals surface area contributed by atoms with Gasteiger partial charge in [0.05, 0.1) is 25.1 Å². The van der Waals surface area contributed by atoms with Gasteiger partial charge in [-0.1, -0.05) is 31.5 Å². The number of aryl methyl sites for hydroxylation is 2. The van der Waals surface area contributed by atoms with Crippen LogP contribution >= 0.6 is 11.6 Å². The van der Waals surface area contributed by atoms with Gasteiger partial charge in [-0.15, -0.1) is 0 Å². The number of nitrogens with one attached hydrogen (secondary N) is 1. The summed E-state index contributed by atoms with van der Waals surface area (Å²) in [6, 6.07) is 7.67. The molecule has 0 heterocycles. The van der Waals surface area contributed by atoms with E-state index in [4.69, 9.17) is 16.3 Å². The number of sulfonamides is 1. The fourth-order valence-corrected chi connectivity index (χ4v) is 5.09. The number of nitrogens with zero attached hydrogens (tertiary/aromatic N) is 1. The van der Waals surface area contributed by atoms with Gasteiger partial charge in [0.25, 0.3) is 0 Å². The van der Waals surface area contributed by atoms with Crippen LogP contribution in [0.1, 0.15) is 61.9 Å². The van der Waals surface area contributed by atoms with E-state index in [1.54, 1.807) is 32.2 Å². The first-order valence-corrected chi connectivity index (χ1v) is 12.7. The van der Waals surface area contributed by atoms with Crippen molar-refractivity contribution in [3.05, 3.63) is 57.6 Å². The van der Waals surface area contributed by atoms with Crippen LogP contribution < -0.4 is 14.4 Å². The highest BCUT2D eigenvalue weighted by molar-refractivity contribution is 7.92. The standard InChI is InChI=1S/C24H33ClN2O4S/c1-14(2)20-13-21(16(4)11-23(20)31-7)17(5)26-24(28)18(6)27(32(8,29)30)19-10-9-15(3)22(25)12-19/h9-14,17-18H,1-8H3,(H,26,28)/t17-,18-/m0/s1. The first-order chi connectivity index (χ1) is 14.8. The molecule has 0 aliphatic rings. The van der Waals surface area contributed by atoms with Gasteiger partial charge in [-0.3, -0.25) is 9.10 Å². The first kappa shape index (κ1) is 26.0. The lowest BCUT2D eigenvalue weighted by Gasteiger charge is -2.30. The summed E-state index contributed by atoms with van der Waals surface area (Å²) in [5, 5.41) is 3.41. The molecule has 6 nitrogen and oxygen atoms in total. The van der Waals surface area contributed by atoms with Crippen molar-refractivity contribution in [3.63, 3.8) is 0 Å². The lowest BCUT2D eigenvalue weighted by Crippen LogP contribution is -2.48. The predicted molar refractivity (Wildman–Crippen MR) is 131 cm³/mol. The Hall–Kier alpha value is -2.25. The molecule has 0 saturated carbocycles. The zero-order valence-electron chi connectivity index (χ0n) is 20.0. The molecule has 0 aromatic heterocycles. The number of hydrogen-bond donors (Lipinski definition) is 1. The van der Waals surface area contributed by atoms with E-state index in [9.17, 15) is 13.2 Å². The minimum atomic E-state index is -3.73. The van der Waals surface area contributed by atoms with Gasteiger partial charge in [0, 0.05) is 5.02 Å². The summed E-state index contributed by atoms with van der Waals surface area (Å²) in [5.41, 5.74) is 4.16. The van der Waals surface area contributed by atoms with Gasteiger partial charge in [-0.2, -0.15) is 0 Å². The van der Waals surface area contributed by atoms with Crippen molar-refractivity contribution >= 4 is 33.2 Å². The van der Waals surface area contributed by atoms with Crippen LogP contribution in [0.5, 0.6) is 5.75 Å². The molecule has 2 atom stereocenters. The third-order valence-electron chi connectivity index (χ3n) is 5.56. The minimum Gasteiger partial charge on any atom is -0.496 e. The number of rotatable bonds is 8. The third-order valence-corrected chi connectivity index (χ3v) is 7.21. The molecule has 0 saturated heterocycles. The van der Waals surface area contributed by atoms with Gasteiger partial charge in [0.1, 0.15) is 11.8 Å². The molecule has 2 rings (SSSR count). The van der Waals surface area contributed by atoms with Crippen LogP contribution in [-0.4, -0.2) is 33.7 Å². The molecule has 2 aromatic rings. The maximum absolute atomic E-state index is 13.1.